The predicted molar refractivity (Wildman–Crippen MR) is 50.5 cm³/mol. The van der Waals surface area contributed by atoms with Crippen molar-refractivity contribution < 1.29 is 4.79 Å². The second kappa shape index (κ2) is 4.12. The highest BCUT2D eigenvalue weighted by atomic mass is 16.1. The van der Waals surface area contributed by atoms with Gasteiger partial charge >= 0.3 is 0 Å². The zero-order valence-corrected chi connectivity index (χ0v) is 8.24. The summed E-state index contributed by atoms with van der Waals surface area (Å²) in [5.41, 5.74) is 1.01. The van der Waals surface area contributed by atoms with Gasteiger partial charge in [-0.2, -0.15) is 0 Å². The van der Waals surface area contributed by atoms with Crippen LogP contribution in [0.2, 0.25) is 0 Å². The number of ketones is 1. The summed E-state index contributed by atoms with van der Waals surface area (Å²) < 4.78 is 0. The van der Waals surface area contributed by atoms with Gasteiger partial charge in [0.2, 0.25) is 0 Å². The van der Waals surface area contributed by atoms with E-state index in [1.165, 1.54) is 0 Å². The standard InChI is InChI=1S/C10H14N2O/c1-4-9(13)8(3)10-11-5-7(2)6-12-10/h5-6,8H,4H2,1-3H3. The number of aryl methyl sites for hydroxylation is 1. The molecule has 1 rings (SSSR count). The van der Waals surface area contributed by atoms with E-state index in [0.717, 1.165) is 5.56 Å². The van der Waals surface area contributed by atoms with Crippen molar-refractivity contribution in [3.8, 4) is 0 Å². The van der Waals surface area contributed by atoms with Gasteiger partial charge in [0.15, 0.2) is 0 Å². The van der Waals surface area contributed by atoms with Crippen LogP contribution in [0.4, 0.5) is 0 Å². The van der Waals surface area contributed by atoms with Crippen LogP contribution in [0.5, 0.6) is 0 Å². The summed E-state index contributed by atoms with van der Waals surface area (Å²) in [5, 5.41) is 0. The molecule has 1 unspecified atom stereocenters. The third kappa shape index (κ3) is 2.34. The first-order chi connectivity index (χ1) is 6.15. The van der Waals surface area contributed by atoms with Crippen molar-refractivity contribution in [2.24, 2.45) is 0 Å². The molecule has 0 radical (unpaired) electrons. The molecule has 1 atom stereocenters. The van der Waals surface area contributed by atoms with Crippen molar-refractivity contribution in [3.05, 3.63) is 23.8 Å². The molecule has 13 heavy (non-hydrogen) atoms. The molecular weight excluding hydrogens is 164 g/mol. The monoisotopic (exact) mass is 178 g/mol. The van der Waals surface area contributed by atoms with Gasteiger partial charge in [-0.15, -0.1) is 0 Å². The molecule has 70 valence electrons. The van der Waals surface area contributed by atoms with Gasteiger partial charge in [-0.25, -0.2) is 9.97 Å². The molecule has 0 aliphatic heterocycles. The Labute approximate surface area is 78.2 Å². The Hall–Kier alpha value is -1.25. The van der Waals surface area contributed by atoms with E-state index in [1.807, 2.05) is 20.8 Å². The van der Waals surface area contributed by atoms with Crippen molar-refractivity contribution >= 4 is 5.78 Å². The third-order valence-electron chi connectivity index (χ3n) is 2.02. The zero-order chi connectivity index (χ0) is 9.84. The largest absolute Gasteiger partial charge is 0.299 e. The van der Waals surface area contributed by atoms with Gasteiger partial charge in [-0.1, -0.05) is 6.92 Å². The van der Waals surface area contributed by atoms with Crippen molar-refractivity contribution in [2.45, 2.75) is 33.1 Å². The molecule has 0 spiro atoms. The second-order valence-electron chi connectivity index (χ2n) is 3.16. The van der Waals surface area contributed by atoms with E-state index in [4.69, 9.17) is 0 Å². The molecule has 1 aromatic rings. The van der Waals surface area contributed by atoms with Crippen LogP contribution in [-0.2, 0) is 4.79 Å². The summed E-state index contributed by atoms with van der Waals surface area (Å²) in [7, 11) is 0. The lowest BCUT2D eigenvalue weighted by atomic mass is 10.0. The van der Waals surface area contributed by atoms with Gasteiger partial charge in [-0.3, -0.25) is 4.79 Å². The van der Waals surface area contributed by atoms with Crippen LogP contribution in [0.1, 0.15) is 37.6 Å². The molecule has 0 bridgehead atoms. The zero-order valence-electron chi connectivity index (χ0n) is 8.24. The minimum atomic E-state index is -0.175. The summed E-state index contributed by atoms with van der Waals surface area (Å²) in [5.74, 6) is 0.631. The quantitative estimate of drug-likeness (QED) is 0.709. The topological polar surface area (TPSA) is 42.9 Å². The van der Waals surface area contributed by atoms with Gasteiger partial charge in [0, 0.05) is 18.8 Å². The predicted octanol–water partition coefficient (Wildman–Crippen LogP) is 1.87. The number of carbonyl (C=O) groups is 1. The fourth-order valence-electron chi connectivity index (χ4n) is 1.08. The van der Waals surface area contributed by atoms with Crippen LogP contribution in [0.15, 0.2) is 12.4 Å². The summed E-state index contributed by atoms with van der Waals surface area (Å²) in [4.78, 5) is 19.5. The van der Waals surface area contributed by atoms with Crippen LogP contribution in [0.25, 0.3) is 0 Å². The number of Topliss-reactive ketones (excluding diaryl/α,β-unsaturated/α-hetero) is 1. The average molecular weight is 178 g/mol. The Kier molecular flexibility index (Phi) is 3.12. The summed E-state index contributed by atoms with van der Waals surface area (Å²) in [6.07, 6.45) is 4.02. The maximum Gasteiger partial charge on any atom is 0.142 e. The normalized spacial score (nSPS) is 12.5. The average Bonchev–Trinajstić information content (AvgIpc) is 2.17. The van der Waals surface area contributed by atoms with Crippen molar-refractivity contribution in [2.75, 3.05) is 0 Å². The van der Waals surface area contributed by atoms with Crippen molar-refractivity contribution in [1.29, 1.82) is 0 Å². The molecule has 0 saturated carbocycles. The molecule has 3 nitrogen and oxygen atoms in total. The number of nitrogens with zero attached hydrogens (tertiary/aromatic N) is 2. The van der Waals surface area contributed by atoms with Crippen LogP contribution >= 0.6 is 0 Å². The number of hydrogen-bond donors (Lipinski definition) is 0. The first-order valence-corrected chi connectivity index (χ1v) is 4.46. The van der Waals surface area contributed by atoms with E-state index < -0.39 is 0 Å². The smallest absolute Gasteiger partial charge is 0.142 e. The van der Waals surface area contributed by atoms with Gasteiger partial charge in [0.25, 0.3) is 0 Å². The molecule has 3 heteroatoms. The molecule has 1 heterocycles. The van der Waals surface area contributed by atoms with Gasteiger partial charge in [-0.05, 0) is 19.4 Å². The minimum Gasteiger partial charge on any atom is -0.299 e. The van der Waals surface area contributed by atoms with E-state index in [0.29, 0.717) is 12.2 Å². The molecule has 0 saturated heterocycles. The lowest BCUT2D eigenvalue weighted by Gasteiger charge is -2.06. The number of aromatic nitrogens is 2. The van der Waals surface area contributed by atoms with Crippen LogP contribution in [0, 0.1) is 6.92 Å². The van der Waals surface area contributed by atoms with Crippen molar-refractivity contribution in [1.82, 2.24) is 9.97 Å². The Morgan fingerprint density at radius 1 is 1.46 bits per heavy atom. The molecule has 0 aliphatic rings. The van der Waals surface area contributed by atoms with E-state index in [-0.39, 0.29) is 11.7 Å². The first-order valence-electron chi connectivity index (χ1n) is 4.46. The molecule has 0 amide bonds. The number of hydrogen-bond acceptors (Lipinski definition) is 3. The first kappa shape index (κ1) is 9.84. The maximum atomic E-state index is 11.3. The second-order valence-corrected chi connectivity index (χ2v) is 3.16. The summed E-state index contributed by atoms with van der Waals surface area (Å²) in [6, 6.07) is 0. The van der Waals surface area contributed by atoms with Gasteiger partial charge in [0.1, 0.15) is 11.6 Å². The van der Waals surface area contributed by atoms with Gasteiger partial charge < -0.3 is 0 Å². The van der Waals surface area contributed by atoms with Crippen LogP contribution in [-0.4, -0.2) is 15.8 Å². The lowest BCUT2D eigenvalue weighted by molar-refractivity contribution is -0.120. The van der Waals surface area contributed by atoms with E-state index in [9.17, 15) is 4.79 Å². The number of rotatable bonds is 3. The third-order valence-corrected chi connectivity index (χ3v) is 2.02. The summed E-state index contributed by atoms with van der Waals surface area (Å²) >= 11 is 0. The fourth-order valence-corrected chi connectivity index (χ4v) is 1.08. The van der Waals surface area contributed by atoms with E-state index in [2.05, 4.69) is 9.97 Å². The molecule has 0 fully saturated rings. The van der Waals surface area contributed by atoms with Crippen LogP contribution < -0.4 is 0 Å². The van der Waals surface area contributed by atoms with E-state index >= 15 is 0 Å². The van der Waals surface area contributed by atoms with Gasteiger partial charge in [0.05, 0.1) is 5.92 Å². The Morgan fingerprint density at radius 2 is 2.00 bits per heavy atom. The maximum absolute atomic E-state index is 11.3. The minimum absolute atomic E-state index is 0.175. The highest BCUT2D eigenvalue weighted by Gasteiger charge is 2.15. The highest BCUT2D eigenvalue weighted by Crippen LogP contribution is 2.12. The molecule has 1 aromatic heterocycles. The fraction of sp³-hybridized carbons (Fsp3) is 0.500. The number of carbonyl (C=O) groups excluding carboxylic acids is 1. The van der Waals surface area contributed by atoms with E-state index in [1.54, 1.807) is 12.4 Å². The molecule has 0 aromatic carbocycles. The summed E-state index contributed by atoms with van der Waals surface area (Å²) in [6.45, 7) is 5.62. The molecular formula is C10H14N2O. The highest BCUT2D eigenvalue weighted by molar-refractivity contribution is 5.84. The lowest BCUT2D eigenvalue weighted by Crippen LogP contribution is -2.11. The SMILES string of the molecule is CCC(=O)C(C)c1ncc(C)cn1. The Morgan fingerprint density at radius 3 is 2.46 bits per heavy atom. The Bertz CT molecular complexity index is 292. The Balaban J connectivity index is 2.83. The molecule has 0 N–H and O–H groups in total. The van der Waals surface area contributed by atoms with Crippen molar-refractivity contribution in [3.63, 3.8) is 0 Å². The van der Waals surface area contributed by atoms with Crippen LogP contribution in [0.3, 0.4) is 0 Å². The molecule has 0 aliphatic carbocycles.